The zero-order valence-electron chi connectivity index (χ0n) is 31.5. The van der Waals surface area contributed by atoms with Crippen LogP contribution in [0.25, 0.3) is 0 Å². The van der Waals surface area contributed by atoms with Crippen molar-refractivity contribution in [2.24, 2.45) is 5.92 Å². The summed E-state index contributed by atoms with van der Waals surface area (Å²) in [5, 5.41) is 5.39. The molecule has 57 heavy (non-hydrogen) atoms. The fourth-order valence-electron chi connectivity index (χ4n) is 8.65. The Morgan fingerprint density at radius 2 is 1.49 bits per heavy atom. The predicted octanol–water partition coefficient (Wildman–Crippen LogP) is 3.56. The van der Waals surface area contributed by atoms with E-state index in [1.165, 1.54) is 4.31 Å². The molecule has 18 heteroatoms. The van der Waals surface area contributed by atoms with Crippen molar-refractivity contribution >= 4 is 45.1 Å². The Kier molecular flexibility index (Phi) is 10.9. The fourth-order valence-corrected chi connectivity index (χ4v) is 10.2. The number of hydrogen-bond donors (Lipinski definition) is 2. The Morgan fingerprint density at radius 3 is 2.18 bits per heavy atom. The van der Waals surface area contributed by atoms with Gasteiger partial charge >= 0.3 is 6.18 Å². The summed E-state index contributed by atoms with van der Waals surface area (Å²) in [6, 6.07) is 12.3. The number of imide groups is 1. The van der Waals surface area contributed by atoms with Gasteiger partial charge in [0.2, 0.25) is 27.8 Å². The van der Waals surface area contributed by atoms with Gasteiger partial charge in [0, 0.05) is 107 Å². The molecule has 3 aromatic rings. The van der Waals surface area contributed by atoms with Gasteiger partial charge in [0.15, 0.2) is 0 Å². The summed E-state index contributed by atoms with van der Waals surface area (Å²) < 4.78 is 67.3. The zero-order valence-corrected chi connectivity index (χ0v) is 32.3. The molecule has 5 aliphatic rings. The van der Waals surface area contributed by atoms with Crippen LogP contribution >= 0.6 is 0 Å². The minimum absolute atomic E-state index is 0.0811. The number of rotatable bonds is 9. The van der Waals surface area contributed by atoms with Crippen molar-refractivity contribution in [1.29, 1.82) is 0 Å². The van der Waals surface area contributed by atoms with E-state index < -0.39 is 33.7 Å². The van der Waals surface area contributed by atoms with Crippen LogP contribution in [0, 0.1) is 5.92 Å². The molecule has 0 spiro atoms. The number of sulfonamides is 1. The number of aromatic nitrogens is 2. The standard InChI is InChI=1S/C39H46F3N9O5S/c40-39(41,42)28-22-43-38(44-23-28)45-29-10-14-50(15-11-29)57(55,56)32-3-1-2-30(21-32)49-18-16-47(17-19-49)24-26-8-12-48(13-9-26)31-4-5-33-27(20-31)25-51(37(33)54)34-6-7-35(52)46-36(34)53/h1-5,20-23,26,29,34H,6-19,24-25H2,(H,43,44,45)(H,46,52,53). The maximum atomic E-state index is 13.7. The van der Waals surface area contributed by atoms with Crippen LogP contribution in [0.5, 0.6) is 0 Å². The molecule has 1 atom stereocenters. The minimum Gasteiger partial charge on any atom is -0.372 e. The minimum atomic E-state index is -4.52. The molecule has 1 unspecified atom stereocenters. The number of amides is 3. The lowest BCUT2D eigenvalue weighted by Gasteiger charge is -2.40. The highest BCUT2D eigenvalue weighted by Gasteiger charge is 2.39. The van der Waals surface area contributed by atoms with Gasteiger partial charge < -0.3 is 20.0 Å². The molecule has 4 saturated heterocycles. The number of anilines is 3. The van der Waals surface area contributed by atoms with E-state index in [2.05, 4.69) is 41.4 Å². The first-order valence-electron chi connectivity index (χ1n) is 19.6. The summed E-state index contributed by atoms with van der Waals surface area (Å²) in [5.74, 6) is -0.227. The number of piperazine rings is 1. The molecule has 4 fully saturated rings. The highest BCUT2D eigenvalue weighted by atomic mass is 32.2. The van der Waals surface area contributed by atoms with Gasteiger partial charge in [0.1, 0.15) is 6.04 Å². The molecule has 2 aromatic carbocycles. The van der Waals surface area contributed by atoms with Crippen molar-refractivity contribution in [3.05, 3.63) is 71.5 Å². The van der Waals surface area contributed by atoms with Crippen LogP contribution < -0.4 is 20.4 Å². The number of carbonyl (C=O) groups is 3. The summed E-state index contributed by atoms with van der Waals surface area (Å²) >= 11 is 0. The SMILES string of the molecule is O=C1CCC(N2Cc3cc(N4CCC(CN5CCN(c6cccc(S(=O)(=O)N7CCC(Nc8ncc(C(F)(F)F)cn8)CC7)c6)CC5)CC4)ccc3C2=O)C(=O)N1. The molecule has 14 nitrogen and oxygen atoms in total. The topological polar surface area (TPSA) is 151 Å². The predicted molar refractivity (Wildman–Crippen MR) is 205 cm³/mol. The molecular weight excluding hydrogens is 764 g/mol. The monoisotopic (exact) mass is 809 g/mol. The molecule has 0 aliphatic carbocycles. The number of halogens is 3. The molecule has 3 amide bonds. The van der Waals surface area contributed by atoms with Crippen LogP contribution in [0.4, 0.5) is 30.5 Å². The average molecular weight is 810 g/mol. The van der Waals surface area contributed by atoms with Crippen LogP contribution in [0.15, 0.2) is 59.8 Å². The third-order valence-corrected chi connectivity index (χ3v) is 13.9. The lowest BCUT2D eigenvalue weighted by molar-refractivity contribution is -0.138. The van der Waals surface area contributed by atoms with Gasteiger partial charge in [-0.2, -0.15) is 17.5 Å². The van der Waals surface area contributed by atoms with E-state index in [0.717, 1.165) is 88.0 Å². The maximum Gasteiger partial charge on any atom is 0.419 e. The molecule has 0 saturated carbocycles. The van der Waals surface area contributed by atoms with E-state index in [9.17, 15) is 36.0 Å². The molecule has 2 N–H and O–H groups in total. The molecule has 8 rings (SSSR count). The maximum absolute atomic E-state index is 13.7. The summed E-state index contributed by atoms with van der Waals surface area (Å²) in [4.78, 5) is 53.6. The number of carbonyl (C=O) groups excluding carboxylic acids is 3. The Morgan fingerprint density at radius 1 is 0.807 bits per heavy atom. The molecule has 0 bridgehead atoms. The number of alkyl halides is 3. The normalized spacial score (nSPS) is 22.2. The third-order valence-electron chi connectivity index (χ3n) is 12.0. The first-order chi connectivity index (χ1) is 27.3. The van der Waals surface area contributed by atoms with Gasteiger partial charge in [-0.25, -0.2) is 18.4 Å². The van der Waals surface area contributed by atoms with Gasteiger partial charge in [-0.1, -0.05) is 6.07 Å². The lowest BCUT2D eigenvalue weighted by atomic mass is 9.95. The second-order valence-corrected chi connectivity index (χ2v) is 17.5. The number of nitrogens with zero attached hydrogens (tertiary/aromatic N) is 7. The van der Waals surface area contributed by atoms with Crippen molar-refractivity contribution in [2.75, 3.05) is 74.0 Å². The average Bonchev–Trinajstić information content (AvgIpc) is 3.53. The highest BCUT2D eigenvalue weighted by Crippen LogP contribution is 2.33. The Bertz CT molecular complexity index is 2100. The van der Waals surface area contributed by atoms with Crippen molar-refractivity contribution in [1.82, 2.24) is 29.4 Å². The number of hydrogen-bond acceptors (Lipinski definition) is 11. The van der Waals surface area contributed by atoms with Crippen LogP contribution in [0.1, 0.15) is 60.0 Å². The second kappa shape index (κ2) is 15.9. The van der Waals surface area contributed by atoms with E-state index >= 15 is 0 Å². The second-order valence-electron chi connectivity index (χ2n) is 15.6. The Balaban J connectivity index is 0.785. The van der Waals surface area contributed by atoms with Crippen LogP contribution in [0.3, 0.4) is 0 Å². The first kappa shape index (κ1) is 39.0. The van der Waals surface area contributed by atoms with Crippen LogP contribution in [0.2, 0.25) is 0 Å². The first-order valence-corrected chi connectivity index (χ1v) is 21.0. The van der Waals surface area contributed by atoms with E-state index in [-0.39, 0.29) is 48.2 Å². The van der Waals surface area contributed by atoms with E-state index in [0.29, 0.717) is 37.3 Å². The highest BCUT2D eigenvalue weighted by molar-refractivity contribution is 7.89. The molecule has 5 aliphatic heterocycles. The van der Waals surface area contributed by atoms with Gasteiger partial charge in [0.25, 0.3) is 5.91 Å². The summed E-state index contributed by atoms with van der Waals surface area (Å²) in [6.07, 6.45) is 0.559. The summed E-state index contributed by atoms with van der Waals surface area (Å²) in [7, 11) is -3.75. The lowest BCUT2D eigenvalue weighted by Crippen LogP contribution is -2.52. The summed E-state index contributed by atoms with van der Waals surface area (Å²) in [5.41, 5.74) is 2.56. The van der Waals surface area contributed by atoms with Crippen molar-refractivity contribution in [2.45, 2.75) is 68.2 Å². The molecule has 0 radical (unpaired) electrons. The van der Waals surface area contributed by atoms with Crippen molar-refractivity contribution < 1.29 is 36.0 Å². The largest absolute Gasteiger partial charge is 0.419 e. The number of fused-ring (bicyclic) bond motifs is 1. The van der Waals surface area contributed by atoms with Crippen molar-refractivity contribution in [3.8, 4) is 0 Å². The molecular formula is C39H46F3N9O5S. The Hall–Kier alpha value is -4.81. The van der Waals surface area contributed by atoms with Crippen LogP contribution in [-0.4, -0.2) is 121 Å². The fraction of sp³-hybridized carbons (Fsp3) is 0.513. The Labute approximate surface area is 329 Å². The molecule has 304 valence electrons. The van der Waals surface area contributed by atoms with Gasteiger partial charge in [-0.3, -0.25) is 24.6 Å². The van der Waals surface area contributed by atoms with Gasteiger partial charge in [-0.15, -0.1) is 0 Å². The van der Waals surface area contributed by atoms with Crippen molar-refractivity contribution in [3.63, 3.8) is 0 Å². The number of benzene rings is 2. The van der Waals surface area contributed by atoms with E-state index in [1.54, 1.807) is 23.1 Å². The zero-order chi connectivity index (χ0) is 39.9. The van der Waals surface area contributed by atoms with Gasteiger partial charge in [0.05, 0.1) is 10.5 Å². The van der Waals surface area contributed by atoms with Gasteiger partial charge in [-0.05, 0) is 80.0 Å². The van der Waals surface area contributed by atoms with E-state index in [4.69, 9.17) is 0 Å². The third kappa shape index (κ3) is 8.43. The smallest absolute Gasteiger partial charge is 0.372 e. The van der Waals surface area contributed by atoms with Crippen LogP contribution in [-0.2, 0) is 32.3 Å². The number of piperidine rings is 3. The van der Waals surface area contributed by atoms with E-state index in [1.807, 2.05) is 18.2 Å². The molecule has 6 heterocycles. The quantitative estimate of drug-likeness (QED) is 0.306. The number of nitrogens with one attached hydrogen (secondary N) is 2. The molecule has 1 aromatic heterocycles. The summed E-state index contributed by atoms with van der Waals surface area (Å²) in [6.45, 7) is 7.06.